The molecule has 25 heavy (non-hydrogen) atoms. The Morgan fingerprint density at radius 3 is 2.64 bits per heavy atom. The Hall–Kier alpha value is -3.04. The van der Waals surface area contributed by atoms with E-state index in [2.05, 4.69) is 6.07 Å². The molecule has 1 aliphatic rings. The highest BCUT2D eigenvalue weighted by Gasteiger charge is 2.35. The minimum atomic E-state index is -0.367. The lowest BCUT2D eigenvalue weighted by Gasteiger charge is -2.13. The summed E-state index contributed by atoms with van der Waals surface area (Å²) in [5, 5.41) is 8.81. The van der Waals surface area contributed by atoms with Gasteiger partial charge in [-0.3, -0.25) is 14.5 Å². The van der Waals surface area contributed by atoms with Crippen molar-refractivity contribution in [3.8, 4) is 11.8 Å². The molecule has 1 fully saturated rings. The van der Waals surface area contributed by atoms with Crippen molar-refractivity contribution in [2.75, 3.05) is 7.11 Å². The number of hydrogen-bond donors (Lipinski definition) is 0. The number of nitriles is 1. The number of para-hydroxylation sites is 1. The number of methoxy groups -OCH3 is 1. The molecule has 0 unspecified atom stereocenters. The molecule has 0 atom stereocenters. The monoisotopic (exact) mass is 350 g/mol. The van der Waals surface area contributed by atoms with Crippen LogP contribution in [0.1, 0.15) is 16.7 Å². The van der Waals surface area contributed by atoms with Crippen LogP contribution in [-0.4, -0.2) is 23.2 Å². The predicted octanol–water partition coefficient (Wildman–Crippen LogP) is 3.80. The number of amides is 2. The average molecular weight is 350 g/mol. The molecule has 6 heteroatoms. The average Bonchev–Trinajstić information content (AvgIpc) is 2.90. The zero-order valence-electron chi connectivity index (χ0n) is 13.4. The topological polar surface area (TPSA) is 70.4 Å². The van der Waals surface area contributed by atoms with Crippen molar-refractivity contribution in [2.45, 2.75) is 6.54 Å². The molecule has 0 N–H and O–H groups in total. The molecule has 124 valence electrons. The van der Waals surface area contributed by atoms with Gasteiger partial charge >= 0.3 is 0 Å². The fraction of sp³-hybridized carbons (Fsp3) is 0.105. The summed E-state index contributed by atoms with van der Waals surface area (Å²) >= 11 is 0.889. The van der Waals surface area contributed by atoms with E-state index in [0.29, 0.717) is 21.8 Å². The normalized spacial score (nSPS) is 15.5. The molecule has 2 aromatic carbocycles. The van der Waals surface area contributed by atoms with Crippen LogP contribution in [0.3, 0.4) is 0 Å². The number of rotatable bonds is 4. The van der Waals surface area contributed by atoms with Crippen LogP contribution < -0.4 is 4.74 Å². The van der Waals surface area contributed by atoms with Crippen molar-refractivity contribution in [3.63, 3.8) is 0 Å². The fourth-order valence-corrected chi connectivity index (χ4v) is 3.33. The van der Waals surface area contributed by atoms with Crippen LogP contribution in [0, 0.1) is 11.3 Å². The largest absolute Gasteiger partial charge is 0.496 e. The highest BCUT2D eigenvalue weighted by atomic mass is 32.2. The third kappa shape index (κ3) is 3.42. The van der Waals surface area contributed by atoms with E-state index in [1.54, 1.807) is 43.5 Å². The van der Waals surface area contributed by atoms with Gasteiger partial charge in [-0.1, -0.05) is 36.4 Å². The molecule has 0 spiro atoms. The van der Waals surface area contributed by atoms with E-state index in [1.165, 1.54) is 0 Å². The molecule has 0 radical (unpaired) electrons. The van der Waals surface area contributed by atoms with Gasteiger partial charge in [0.25, 0.3) is 11.1 Å². The lowest BCUT2D eigenvalue weighted by Crippen LogP contribution is -2.27. The Morgan fingerprint density at radius 1 is 1.16 bits per heavy atom. The second kappa shape index (κ2) is 7.24. The van der Waals surface area contributed by atoms with Gasteiger partial charge < -0.3 is 4.74 Å². The van der Waals surface area contributed by atoms with Gasteiger partial charge in [-0.2, -0.15) is 5.26 Å². The Morgan fingerprint density at radius 2 is 1.88 bits per heavy atom. The summed E-state index contributed by atoms with van der Waals surface area (Å²) in [7, 11) is 1.55. The van der Waals surface area contributed by atoms with E-state index >= 15 is 0 Å². The van der Waals surface area contributed by atoms with E-state index in [4.69, 9.17) is 10.00 Å². The van der Waals surface area contributed by atoms with E-state index in [9.17, 15) is 9.59 Å². The zero-order valence-corrected chi connectivity index (χ0v) is 14.2. The molecule has 1 saturated heterocycles. The fourth-order valence-electron chi connectivity index (χ4n) is 2.50. The summed E-state index contributed by atoms with van der Waals surface area (Å²) in [6, 6.07) is 16.3. The molecule has 2 amide bonds. The first kappa shape index (κ1) is 16.8. The first-order valence-corrected chi connectivity index (χ1v) is 8.32. The molecule has 0 bridgehead atoms. The van der Waals surface area contributed by atoms with Gasteiger partial charge in [-0.05, 0) is 35.5 Å². The third-order valence-corrected chi connectivity index (χ3v) is 4.67. The van der Waals surface area contributed by atoms with Crippen molar-refractivity contribution in [2.24, 2.45) is 0 Å². The molecule has 2 aromatic rings. The Bertz CT molecular complexity index is 915. The van der Waals surface area contributed by atoms with Crippen LogP contribution >= 0.6 is 11.8 Å². The SMILES string of the molecule is COc1ccccc1C=C1SC(=O)N(Cc2ccccc2C#N)C1=O. The number of benzene rings is 2. The van der Waals surface area contributed by atoms with Crippen molar-refractivity contribution in [1.29, 1.82) is 5.26 Å². The van der Waals surface area contributed by atoms with Crippen LogP contribution in [-0.2, 0) is 11.3 Å². The smallest absolute Gasteiger partial charge is 0.293 e. The number of carbonyl (C=O) groups excluding carboxylic acids is 2. The highest BCUT2D eigenvalue weighted by Crippen LogP contribution is 2.35. The minimum absolute atomic E-state index is 0.0810. The summed E-state index contributed by atoms with van der Waals surface area (Å²) in [5.41, 5.74) is 1.83. The maximum absolute atomic E-state index is 12.6. The quantitative estimate of drug-likeness (QED) is 0.784. The number of hydrogen-bond acceptors (Lipinski definition) is 5. The van der Waals surface area contributed by atoms with Gasteiger partial charge in [0, 0.05) is 5.56 Å². The van der Waals surface area contributed by atoms with Gasteiger partial charge in [0.15, 0.2) is 0 Å². The number of carbonyl (C=O) groups is 2. The molecule has 0 aliphatic carbocycles. The second-order valence-corrected chi connectivity index (χ2v) is 6.27. The molecule has 0 aromatic heterocycles. The van der Waals surface area contributed by atoms with Gasteiger partial charge in [0.05, 0.1) is 30.2 Å². The first-order chi connectivity index (χ1) is 12.1. The van der Waals surface area contributed by atoms with Crippen LogP contribution in [0.25, 0.3) is 6.08 Å². The lowest BCUT2D eigenvalue weighted by atomic mass is 10.1. The van der Waals surface area contributed by atoms with Crippen molar-refractivity contribution < 1.29 is 14.3 Å². The van der Waals surface area contributed by atoms with E-state index in [-0.39, 0.29) is 17.7 Å². The lowest BCUT2D eigenvalue weighted by molar-refractivity contribution is -0.123. The van der Waals surface area contributed by atoms with Crippen LogP contribution in [0.2, 0.25) is 0 Å². The van der Waals surface area contributed by atoms with E-state index in [0.717, 1.165) is 22.2 Å². The van der Waals surface area contributed by atoms with Crippen LogP contribution in [0.5, 0.6) is 5.75 Å². The second-order valence-electron chi connectivity index (χ2n) is 5.28. The third-order valence-electron chi connectivity index (χ3n) is 3.77. The minimum Gasteiger partial charge on any atom is -0.496 e. The Labute approximate surface area is 149 Å². The molecular weight excluding hydrogens is 336 g/mol. The maximum Gasteiger partial charge on any atom is 0.293 e. The Kier molecular flexibility index (Phi) is 4.87. The van der Waals surface area contributed by atoms with Gasteiger partial charge in [-0.15, -0.1) is 0 Å². The molecule has 1 heterocycles. The highest BCUT2D eigenvalue weighted by molar-refractivity contribution is 8.18. The van der Waals surface area contributed by atoms with Crippen LogP contribution in [0.15, 0.2) is 53.4 Å². The van der Waals surface area contributed by atoms with E-state index in [1.807, 2.05) is 18.2 Å². The molecule has 0 saturated carbocycles. The van der Waals surface area contributed by atoms with Gasteiger partial charge in [0.2, 0.25) is 0 Å². The van der Waals surface area contributed by atoms with Gasteiger partial charge in [-0.25, -0.2) is 0 Å². The standard InChI is InChI=1S/C19H14N2O3S/c1-24-16-9-5-4-6-13(16)10-17-18(22)21(19(23)25-17)12-15-8-3-2-7-14(15)11-20/h2-10H,12H2,1H3. The van der Waals surface area contributed by atoms with Crippen molar-refractivity contribution in [3.05, 3.63) is 70.1 Å². The zero-order chi connectivity index (χ0) is 17.8. The molecule has 3 rings (SSSR count). The Balaban J connectivity index is 1.88. The number of thioether (sulfide) groups is 1. The molecule has 5 nitrogen and oxygen atoms in total. The summed E-state index contributed by atoms with van der Waals surface area (Å²) in [4.78, 5) is 26.4. The number of nitrogens with zero attached hydrogens (tertiary/aromatic N) is 2. The summed E-state index contributed by atoms with van der Waals surface area (Å²) in [6.45, 7) is 0.0810. The molecular formula is C19H14N2O3S. The number of imide groups is 1. The van der Waals surface area contributed by atoms with Crippen molar-refractivity contribution >= 4 is 29.0 Å². The maximum atomic E-state index is 12.6. The van der Waals surface area contributed by atoms with Crippen molar-refractivity contribution in [1.82, 2.24) is 4.90 Å². The summed E-state index contributed by atoms with van der Waals surface area (Å²) in [6.07, 6.45) is 1.65. The predicted molar refractivity (Wildman–Crippen MR) is 95.7 cm³/mol. The number of ether oxygens (including phenoxy) is 1. The summed E-state index contributed by atoms with van der Waals surface area (Å²) < 4.78 is 5.27. The van der Waals surface area contributed by atoms with Crippen LogP contribution in [0.4, 0.5) is 4.79 Å². The summed E-state index contributed by atoms with van der Waals surface area (Å²) in [5.74, 6) is 0.262. The first-order valence-electron chi connectivity index (χ1n) is 7.50. The van der Waals surface area contributed by atoms with Gasteiger partial charge in [0.1, 0.15) is 5.75 Å². The molecule has 1 aliphatic heterocycles. The van der Waals surface area contributed by atoms with E-state index < -0.39 is 0 Å².